The minimum absolute atomic E-state index is 0.0824. The van der Waals surface area contributed by atoms with E-state index in [1.54, 1.807) is 7.11 Å². The van der Waals surface area contributed by atoms with Gasteiger partial charge in [-0.15, -0.1) is 0 Å². The van der Waals surface area contributed by atoms with Crippen molar-refractivity contribution in [3.63, 3.8) is 0 Å². The molecule has 5 fully saturated rings. The molecular formula is C39H46N2O4. The standard InChI is InChI=1S/C39H46N2O4/c1-25-14-19-32-34(22-25)44-37(40(38(32,2)3)24-26-10-6-5-7-11-26)31-13-9-8-12-30(31)35-39-21-20-29(45-39)23-33(39)36(42)41(35)27-15-17-28(43-4)18-16-27/h5-13,15-18,25,29,32-35,37H,14,19-24H2,1-4H3/t25-,29+,32-,33-,34-,35+,37+,39-/m1/s1. The van der Waals surface area contributed by atoms with Gasteiger partial charge in [0.25, 0.3) is 0 Å². The van der Waals surface area contributed by atoms with Gasteiger partial charge in [-0.3, -0.25) is 9.69 Å². The van der Waals surface area contributed by atoms with Crippen LogP contribution in [-0.2, 0) is 20.8 Å². The lowest BCUT2D eigenvalue weighted by atomic mass is 9.69. The van der Waals surface area contributed by atoms with E-state index >= 15 is 0 Å². The summed E-state index contributed by atoms with van der Waals surface area (Å²) in [6.45, 7) is 8.03. The van der Waals surface area contributed by atoms with Crippen molar-refractivity contribution in [2.45, 2.75) is 101 Å². The van der Waals surface area contributed by atoms with Crippen molar-refractivity contribution < 1.29 is 19.0 Å². The summed E-state index contributed by atoms with van der Waals surface area (Å²) in [4.78, 5) is 19.1. The average Bonchev–Trinajstić information content (AvgIpc) is 3.71. The maximum absolute atomic E-state index is 14.4. The van der Waals surface area contributed by atoms with Gasteiger partial charge in [-0.2, -0.15) is 0 Å². The van der Waals surface area contributed by atoms with E-state index in [4.69, 9.17) is 14.2 Å². The zero-order valence-corrected chi connectivity index (χ0v) is 27.0. The highest BCUT2D eigenvalue weighted by atomic mass is 16.5. The molecule has 45 heavy (non-hydrogen) atoms. The highest BCUT2D eigenvalue weighted by molar-refractivity contribution is 6.00. The molecule has 1 saturated carbocycles. The zero-order chi connectivity index (χ0) is 30.9. The van der Waals surface area contributed by atoms with Gasteiger partial charge in [0.05, 0.1) is 31.3 Å². The molecule has 3 aromatic carbocycles. The van der Waals surface area contributed by atoms with Gasteiger partial charge < -0.3 is 19.1 Å². The number of amides is 1. The van der Waals surface area contributed by atoms with Gasteiger partial charge in [0, 0.05) is 29.3 Å². The SMILES string of the molecule is COc1ccc(N2C(=O)[C@H]3C[C@@H]4CC[C@]3(O4)[C@@H]2c2ccccc2[C@@H]2O[C@@H]3C[C@H](C)CC[C@H]3C(C)(C)N2Cc2ccccc2)cc1. The molecule has 5 aliphatic rings. The predicted octanol–water partition coefficient (Wildman–Crippen LogP) is 7.84. The van der Waals surface area contributed by atoms with Gasteiger partial charge in [-0.1, -0.05) is 67.9 Å². The van der Waals surface area contributed by atoms with Crippen LogP contribution in [0.1, 0.15) is 88.3 Å². The van der Waals surface area contributed by atoms with E-state index in [0.717, 1.165) is 54.8 Å². The lowest BCUT2D eigenvalue weighted by Gasteiger charge is -2.58. The van der Waals surface area contributed by atoms with Crippen LogP contribution in [0.2, 0.25) is 0 Å². The van der Waals surface area contributed by atoms with Crippen molar-refractivity contribution in [2.75, 3.05) is 12.0 Å². The number of hydrogen-bond acceptors (Lipinski definition) is 5. The molecule has 2 bridgehead atoms. The van der Waals surface area contributed by atoms with Gasteiger partial charge in [-0.25, -0.2) is 0 Å². The Labute approximate surface area is 267 Å². The Morgan fingerprint density at radius 1 is 0.889 bits per heavy atom. The van der Waals surface area contributed by atoms with Crippen LogP contribution in [0.5, 0.6) is 5.75 Å². The molecule has 8 atom stereocenters. The van der Waals surface area contributed by atoms with Crippen LogP contribution in [0, 0.1) is 17.8 Å². The molecule has 0 aromatic heterocycles. The predicted molar refractivity (Wildman–Crippen MR) is 175 cm³/mol. The van der Waals surface area contributed by atoms with Crippen molar-refractivity contribution in [1.29, 1.82) is 0 Å². The first-order valence-electron chi connectivity index (χ1n) is 17.0. The van der Waals surface area contributed by atoms with Crippen LogP contribution in [-0.4, -0.2) is 41.3 Å². The number of benzene rings is 3. The number of carbonyl (C=O) groups excluding carboxylic acids is 1. The minimum Gasteiger partial charge on any atom is -0.497 e. The van der Waals surface area contributed by atoms with Crippen LogP contribution in [0.3, 0.4) is 0 Å². The number of fused-ring (bicyclic) bond motifs is 2. The molecule has 0 N–H and O–H groups in total. The van der Waals surface area contributed by atoms with E-state index in [0.29, 0.717) is 11.8 Å². The summed E-state index contributed by atoms with van der Waals surface area (Å²) in [7, 11) is 1.68. The molecule has 0 unspecified atom stereocenters. The Morgan fingerprint density at radius 3 is 2.36 bits per heavy atom. The van der Waals surface area contributed by atoms with E-state index in [-0.39, 0.29) is 41.8 Å². The molecular weight excluding hydrogens is 560 g/mol. The monoisotopic (exact) mass is 606 g/mol. The molecule has 8 rings (SSSR count). The zero-order valence-electron chi connectivity index (χ0n) is 27.0. The van der Waals surface area contributed by atoms with E-state index in [1.165, 1.54) is 18.4 Å². The maximum atomic E-state index is 14.4. The molecule has 1 spiro atoms. The van der Waals surface area contributed by atoms with E-state index in [9.17, 15) is 4.79 Å². The fourth-order valence-corrected chi connectivity index (χ4v) is 9.67. The Kier molecular flexibility index (Phi) is 7.12. The molecule has 236 valence electrons. The van der Waals surface area contributed by atoms with Crippen molar-refractivity contribution in [2.24, 2.45) is 17.8 Å². The highest BCUT2D eigenvalue weighted by Crippen LogP contribution is 2.62. The Balaban J connectivity index is 1.27. The molecule has 6 nitrogen and oxygen atoms in total. The van der Waals surface area contributed by atoms with Crippen molar-refractivity contribution >= 4 is 11.6 Å². The van der Waals surface area contributed by atoms with Crippen LogP contribution in [0.15, 0.2) is 78.9 Å². The summed E-state index contributed by atoms with van der Waals surface area (Å²) in [6.07, 6.45) is 6.34. The third-order valence-electron chi connectivity index (χ3n) is 12.0. The summed E-state index contributed by atoms with van der Waals surface area (Å²) in [5.41, 5.74) is 3.86. The lowest BCUT2D eigenvalue weighted by Crippen LogP contribution is -2.61. The second-order valence-corrected chi connectivity index (χ2v) is 14.8. The summed E-state index contributed by atoms with van der Waals surface area (Å²) >= 11 is 0. The first kappa shape index (κ1) is 29.2. The van der Waals surface area contributed by atoms with Crippen LogP contribution >= 0.6 is 0 Å². The van der Waals surface area contributed by atoms with Crippen molar-refractivity contribution in [3.05, 3.63) is 95.6 Å². The molecule has 4 heterocycles. The van der Waals surface area contributed by atoms with Crippen molar-refractivity contribution in [1.82, 2.24) is 4.90 Å². The normalized spacial score (nSPS) is 35.3. The van der Waals surface area contributed by atoms with Crippen LogP contribution in [0.4, 0.5) is 5.69 Å². The van der Waals surface area contributed by atoms with E-state index in [1.807, 2.05) is 29.2 Å². The minimum atomic E-state index is -0.534. The average molecular weight is 607 g/mol. The molecule has 4 saturated heterocycles. The van der Waals surface area contributed by atoms with E-state index < -0.39 is 5.60 Å². The number of ether oxygens (including phenoxy) is 3. The second-order valence-electron chi connectivity index (χ2n) is 14.8. The first-order valence-corrected chi connectivity index (χ1v) is 17.0. The summed E-state index contributed by atoms with van der Waals surface area (Å²) in [5, 5.41) is 0. The van der Waals surface area contributed by atoms with Gasteiger partial charge in [0.2, 0.25) is 5.91 Å². The first-order chi connectivity index (χ1) is 21.8. The maximum Gasteiger partial charge on any atom is 0.233 e. The van der Waals surface area contributed by atoms with Gasteiger partial charge in [0.1, 0.15) is 17.6 Å². The topological polar surface area (TPSA) is 51.2 Å². The third-order valence-corrected chi connectivity index (χ3v) is 12.0. The Hall–Kier alpha value is -3.19. The highest BCUT2D eigenvalue weighted by Gasteiger charge is 2.68. The quantitative estimate of drug-likeness (QED) is 0.286. The third kappa shape index (κ3) is 4.58. The summed E-state index contributed by atoms with van der Waals surface area (Å²) in [5.74, 6) is 1.93. The molecule has 6 heteroatoms. The largest absolute Gasteiger partial charge is 0.497 e. The van der Waals surface area contributed by atoms with Crippen LogP contribution < -0.4 is 9.64 Å². The number of anilines is 1. The Morgan fingerprint density at radius 2 is 1.62 bits per heavy atom. The molecule has 1 amide bonds. The lowest BCUT2D eigenvalue weighted by molar-refractivity contribution is -0.241. The fraction of sp³-hybridized carbons (Fsp3) is 0.513. The van der Waals surface area contributed by atoms with Gasteiger partial charge >= 0.3 is 0 Å². The molecule has 0 radical (unpaired) electrons. The summed E-state index contributed by atoms with van der Waals surface area (Å²) < 4.78 is 19.7. The smallest absolute Gasteiger partial charge is 0.233 e. The number of methoxy groups -OCH3 is 1. The second kappa shape index (κ2) is 11.0. The number of nitrogens with zero attached hydrogens (tertiary/aromatic N) is 2. The van der Waals surface area contributed by atoms with Crippen LogP contribution in [0.25, 0.3) is 0 Å². The number of rotatable bonds is 6. The fourth-order valence-electron chi connectivity index (χ4n) is 9.67. The number of hydrogen-bond donors (Lipinski definition) is 0. The molecule has 1 aliphatic carbocycles. The number of carbonyl (C=O) groups is 1. The van der Waals surface area contributed by atoms with E-state index in [2.05, 4.69) is 80.3 Å². The molecule has 4 aliphatic heterocycles. The Bertz CT molecular complexity index is 1560. The van der Waals surface area contributed by atoms with Gasteiger partial charge in [0.15, 0.2) is 0 Å². The summed E-state index contributed by atoms with van der Waals surface area (Å²) in [6, 6.07) is 27.3. The van der Waals surface area contributed by atoms with Gasteiger partial charge in [-0.05, 0) is 87.3 Å². The molecule has 3 aromatic rings. The van der Waals surface area contributed by atoms with Crippen molar-refractivity contribution in [3.8, 4) is 5.75 Å².